The molecule has 0 atom stereocenters. The molecular weight excluding hydrogens is 285 g/mol. The number of nitrogens with one attached hydrogen (secondary N) is 1. The fraction of sp³-hybridized carbons (Fsp3) is 0.125. The van der Waals surface area contributed by atoms with Crippen LogP contribution in [0.5, 0.6) is 0 Å². The molecule has 6 heteroatoms. The second kappa shape index (κ2) is 6.36. The van der Waals surface area contributed by atoms with Crippen LogP contribution in [0.1, 0.15) is 13.0 Å². The fourth-order valence-electron chi connectivity index (χ4n) is 2.07. The monoisotopic (exact) mass is 301 g/mol. The van der Waals surface area contributed by atoms with Gasteiger partial charge in [0, 0.05) is 11.9 Å². The lowest BCUT2D eigenvalue weighted by Crippen LogP contribution is -2.21. The highest BCUT2D eigenvalue weighted by molar-refractivity contribution is 5.61. The number of aromatic nitrogens is 2. The zero-order valence-electron chi connectivity index (χ0n) is 11.0. The van der Waals surface area contributed by atoms with Crippen LogP contribution >= 0.6 is 0 Å². The maximum absolute atomic E-state index is 13.2. The standard InChI is InChI=1S/C15H12FN3O2.CH4/c16-10-4-3-5-11(8-10)17-14-12(9-20)15(21)19-7-2-1-6-13(19)18-14;/h1-8,17,20H,9H2;1H4. The van der Waals surface area contributed by atoms with Crippen molar-refractivity contribution in [1.82, 2.24) is 9.38 Å². The van der Waals surface area contributed by atoms with Gasteiger partial charge in [-0.05, 0) is 30.3 Å². The summed E-state index contributed by atoms with van der Waals surface area (Å²) in [5.41, 5.74) is 0.667. The zero-order chi connectivity index (χ0) is 14.8. The van der Waals surface area contributed by atoms with Crippen LogP contribution in [0.3, 0.4) is 0 Å². The Morgan fingerprint density at radius 1 is 1.23 bits per heavy atom. The summed E-state index contributed by atoms with van der Waals surface area (Å²) < 4.78 is 14.6. The highest BCUT2D eigenvalue weighted by Gasteiger charge is 2.12. The minimum Gasteiger partial charge on any atom is -0.391 e. The van der Waals surface area contributed by atoms with Gasteiger partial charge in [0.25, 0.3) is 5.56 Å². The summed E-state index contributed by atoms with van der Waals surface area (Å²) in [6.45, 7) is -0.457. The minimum atomic E-state index is -0.457. The number of benzene rings is 1. The van der Waals surface area contributed by atoms with Gasteiger partial charge in [-0.1, -0.05) is 19.6 Å². The van der Waals surface area contributed by atoms with Gasteiger partial charge in [0.05, 0.1) is 12.2 Å². The van der Waals surface area contributed by atoms with E-state index in [0.29, 0.717) is 11.3 Å². The topological polar surface area (TPSA) is 66.6 Å². The van der Waals surface area contributed by atoms with Crippen LogP contribution in [0.15, 0.2) is 53.5 Å². The smallest absolute Gasteiger partial charge is 0.265 e. The van der Waals surface area contributed by atoms with E-state index in [4.69, 9.17) is 0 Å². The summed E-state index contributed by atoms with van der Waals surface area (Å²) in [6.07, 6.45) is 1.58. The van der Waals surface area contributed by atoms with Gasteiger partial charge in [-0.25, -0.2) is 9.37 Å². The van der Waals surface area contributed by atoms with Gasteiger partial charge in [0.1, 0.15) is 17.3 Å². The number of aliphatic hydroxyl groups excluding tert-OH is 1. The van der Waals surface area contributed by atoms with E-state index >= 15 is 0 Å². The minimum absolute atomic E-state index is 0. The maximum Gasteiger partial charge on any atom is 0.265 e. The van der Waals surface area contributed by atoms with Gasteiger partial charge in [-0.15, -0.1) is 0 Å². The molecule has 22 heavy (non-hydrogen) atoms. The van der Waals surface area contributed by atoms with E-state index in [0.717, 1.165) is 0 Å². The lowest BCUT2D eigenvalue weighted by atomic mass is 10.2. The first-order chi connectivity index (χ1) is 10.2. The van der Waals surface area contributed by atoms with Crippen LogP contribution in [0.2, 0.25) is 0 Å². The average Bonchev–Trinajstić information content (AvgIpc) is 2.48. The number of pyridine rings is 1. The number of anilines is 2. The third-order valence-corrected chi connectivity index (χ3v) is 3.07. The molecule has 114 valence electrons. The van der Waals surface area contributed by atoms with E-state index < -0.39 is 12.4 Å². The molecule has 0 amide bonds. The number of hydrogen-bond donors (Lipinski definition) is 2. The van der Waals surface area contributed by atoms with Crippen molar-refractivity contribution in [3.63, 3.8) is 0 Å². The normalized spacial score (nSPS) is 10.3. The van der Waals surface area contributed by atoms with Crippen molar-refractivity contribution >= 4 is 17.2 Å². The summed E-state index contributed by atoms with van der Waals surface area (Å²) in [6, 6.07) is 10.9. The molecule has 0 aliphatic carbocycles. The second-order valence-corrected chi connectivity index (χ2v) is 4.47. The summed E-state index contributed by atoms with van der Waals surface area (Å²) in [5, 5.41) is 12.3. The van der Waals surface area contributed by atoms with Crippen molar-refractivity contribution in [3.05, 3.63) is 70.4 Å². The number of halogens is 1. The number of nitrogens with zero attached hydrogens (tertiary/aromatic N) is 2. The van der Waals surface area contributed by atoms with Gasteiger partial charge in [0.2, 0.25) is 0 Å². The Bertz CT molecular complexity index is 861. The van der Waals surface area contributed by atoms with Crippen molar-refractivity contribution in [3.8, 4) is 0 Å². The van der Waals surface area contributed by atoms with Gasteiger partial charge in [-0.3, -0.25) is 9.20 Å². The largest absolute Gasteiger partial charge is 0.391 e. The number of rotatable bonds is 3. The van der Waals surface area contributed by atoms with Gasteiger partial charge < -0.3 is 10.4 Å². The van der Waals surface area contributed by atoms with Crippen molar-refractivity contribution in [1.29, 1.82) is 0 Å². The molecule has 2 heterocycles. The Kier molecular flexibility index (Phi) is 4.53. The molecule has 0 unspecified atom stereocenters. The predicted octanol–water partition coefficient (Wildman–Crippen LogP) is 2.71. The molecule has 0 bridgehead atoms. The van der Waals surface area contributed by atoms with Crippen LogP contribution in [-0.4, -0.2) is 14.5 Å². The van der Waals surface area contributed by atoms with Crippen LogP contribution < -0.4 is 10.9 Å². The van der Waals surface area contributed by atoms with E-state index in [1.165, 1.54) is 16.5 Å². The Balaban J connectivity index is 0.00000176. The third-order valence-electron chi connectivity index (χ3n) is 3.07. The van der Waals surface area contributed by atoms with Crippen LogP contribution in [0, 0.1) is 5.82 Å². The summed E-state index contributed by atoms with van der Waals surface area (Å²) in [4.78, 5) is 16.6. The first kappa shape index (κ1) is 15.7. The zero-order valence-corrected chi connectivity index (χ0v) is 11.0. The Labute approximate surface area is 126 Å². The predicted molar refractivity (Wildman–Crippen MR) is 83.8 cm³/mol. The lowest BCUT2D eigenvalue weighted by molar-refractivity contribution is 0.280. The van der Waals surface area contributed by atoms with Crippen LogP contribution in [0.25, 0.3) is 5.65 Å². The highest BCUT2D eigenvalue weighted by Crippen LogP contribution is 2.18. The molecule has 0 saturated carbocycles. The fourth-order valence-corrected chi connectivity index (χ4v) is 2.07. The maximum atomic E-state index is 13.2. The van der Waals surface area contributed by atoms with E-state index in [9.17, 15) is 14.3 Å². The van der Waals surface area contributed by atoms with E-state index in [2.05, 4.69) is 10.3 Å². The summed E-state index contributed by atoms with van der Waals surface area (Å²) >= 11 is 0. The molecule has 0 aliphatic heterocycles. The summed E-state index contributed by atoms with van der Waals surface area (Å²) in [5.74, 6) is -0.178. The molecule has 0 saturated heterocycles. The Hall–Kier alpha value is -2.73. The van der Waals surface area contributed by atoms with Crippen LogP contribution in [-0.2, 0) is 6.61 Å². The van der Waals surface area contributed by atoms with Gasteiger partial charge in [-0.2, -0.15) is 0 Å². The third kappa shape index (κ3) is 2.82. The lowest BCUT2D eigenvalue weighted by Gasteiger charge is -2.11. The van der Waals surface area contributed by atoms with Gasteiger partial charge in [0.15, 0.2) is 0 Å². The van der Waals surface area contributed by atoms with E-state index in [-0.39, 0.29) is 24.4 Å². The molecule has 0 spiro atoms. The quantitative estimate of drug-likeness (QED) is 0.780. The molecule has 2 aromatic heterocycles. The second-order valence-electron chi connectivity index (χ2n) is 4.47. The molecule has 5 nitrogen and oxygen atoms in total. The molecule has 0 aliphatic rings. The highest BCUT2D eigenvalue weighted by atomic mass is 19.1. The molecule has 0 radical (unpaired) electrons. The molecular formula is C16H16FN3O2. The number of aliphatic hydroxyl groups is 1. The molecule has 0 fully saturated rings. The molecule has 1 aromatic carbocycles. The first-order valence-electron chi connectivity index (χ1n) is 6.33. The molecule has 3 rings (SSSR count). The van der Waals surface area contributed by atoms with Gasteiger partial charge >= 0.3 is 0 Å². The van der Waals surface area contributed by atoms with Crippen molar-refractivity contribution in [2.75, 3.05) is 5.32 Å². The van der Waals surface area contributed by atoms with Crippen molar-refractivity contribution in [2.24, 2.45) is 0 Å². The number of hydrogen-bond acceptors (Lipinski definition) is 4. The first-order valence-corrected chi connectivity index (χ1v) is 6.33. The Morgan fingerprint density at radius 3 is 2.77 bits per heavy atom. The Morgan fingerprint density at radius 2 is 2.05 bits per heavy atom. The van der Waals surface area contributed by atoms with E-state index in [1.54, 1.807) is 36.5 Å². The van der Waals surface area contributed by atoms with Crippen LogP contribution in [0.4, 0.5) is 15.9 Å². The number of fused-ring (bicyclic) bond motifs is 1. The summed E-state index contributed by atoms with van der Waals surface area (Å²) in [7, 11) is 0. The van der Waals surface area contributed by atoms with E-state index in [1.807, 2.05) is 0 Å². The van der Waals surface area contributed by atoms with Crippen molar-refractivity contribution in [2.45, 2.75) is 14.0 Å². The van der Waals surface area contributed by atoms with Crippen molar-refractivity contribution < 1.29 is 9.50 Å². The average molecular weight is 301 g/mol. The molecule has 3 aromatic rings. The SMILES string of the molecule is C.O=c1c(CO)c(Nc2cccc(F)c2)nc2ccccn12. The molecule has 2 N–H and O–H groups in total.